The maximum Gasteiger partial charge on any atom is 0.176 e. The third kappa shape index (κ3) is 1.66. The molecule has 0 aliphatic heterocycles. The maximum absolute atomic E-state index is 11.4. The number of phenols is 1. The number of benzene rings is 1. The Morgan fingerprint density at radius 2 is 2.00 bits per heavy atom. The molecule has 5 heteroatoms. The first-order valence-corrected chi connectivity index (χ1v) is 6.16. The van der Waals surface area contributed by atoms with Gasteiger partial charge in [-0.25, -0.2) is 8.42 Å². The van der Waals surface area contributed by atoms with Gasteiger partial charge in [0.1, 0.15) is 11.3 Å². The molecule has 2 rings (SSSR count). The molecule has 1 aromatic heterocycles. The van der Waals surface area contributed by atoms with Crippen LogP contribution in [0.15, 0.2) is 35.4 Å². The quantitative estimate of drug-likeness (QED) is 0.792. The zero-order valence-electron chi connectivity index (χ0n) is 8.01. The summed E-state index contributed by atoms with van der Waals surface area (Å²) in [6, 6.07) is 5.98. The number of hydrogen-bond acceptors (Lipinski definition) is 4. The fourth-order valence-electron chi connectivity index (χ4n) is 1.45. The van der Waals surface area contributed by atoms with Crippen molar-refractivity contribution < 1.29 is 13.5 Å². The van der Waals surface area contributed by atoms with Gasteiger partial charge in [0.25, 0.3) is 0 Å². The third-order valence-corrected chi connectivity index (χ3v) is 3.26. The van der Waals surface area contributed by atoms with E-state index in [0.717, 1.165) is 6.26 Å². The van der Waals surface area contributed by atoms with E-state index in [1.54, 1.807) is 12.1 Å². The first kappa shape index (κ1) is 9.92. The molecule has 4 nitrogen and oxygen atoms in total. The standard InChI is InChI=1S/C10H9NO3S/c1-15(13,14)9-5-4-8(12)10-7(9)3-2-6-11-10/h2-6,12H,1H3. The van der Waals surface area contributed by atoms with Gasteiger partial charge in [-0.05, 0) is 24.3 Å². The molecule has 0 fully saturated rings. The van der Waals surface area contributed by atoms with E-state index in [0.29, 0.717) is 10.9 Å². The number of fused-ring (bicyclic) bond motifs is 1. The van der Waals surface area contributed by atoms with Crippen molar-refractivity contribution in [2.45, 2.75) is 4.90 Å². The Hall–Kier alpha value is -1.62. The Bertz CT molecular complexity index is 620. The summed E-state index contributed by atoms with van der Waals surface area (Å²) in [4.78, 5) is 4.12. The second-order valence-electron chi connectivity index (χ2n) is 3.25. The number of sulfone groups is 1. The Morgan fingerprint density at radius 3 is 2.67 bits per heavy atom. The van der Waals surface area contributed by atoms with Crippen LogP contribution in [0.2, 0.25) is 0 Å². The first-order valence-electron chi connectivity index (χ1n) is 4.27. The summed E-state index contributed by atoms with van der Waals surface area (Å²) in [5.41, 5.74) is 0.306. The number of pyridine rings is 1. The molecule has 0 unspecified atom stereocenters. The molecule has 1 heterocycles. The molecule has 0 saturated carbocycles. The summed E-state index contributed by atoms with van der Waals surface area (Å²) in [6.07, 6.45) is 2.64. The van der Waals surface area contributed by atoms with E-state index in [9.17, 15) is 13.5 Å². The molecule has 0 spiro atoms. The number of nitrogens with zero attached hydrogens (tertiary/aromatic N) is 1. The van der Waals surface area contributed by atoms with E-state index >= 15 is 0 Å². The molecule has 0 saturated heterocycles. The average molecular weight is 223 g/mol. The zero-order valence-corrected chi connectivity index (χ0v) is 8.82. The van der Waals surface area contributed by atoms with Crippen molar-refractivity contribution in [1.29, 1.82) is 0 Å². The van der Waals surface area contributed by atoms with Gasteiger partial charge in [0.05, 0.1) is 4.90 Å². The van der Waals surface area contributed by atoms with Crippen molar-refractivity contribution in [3.63, 3.8) is 0 Å². The average Bonchev–Trinajstić information content (AvgIpc) is 2.17. The van der Waals surface area contributed by atoms with Gasteiger partial charge in [-0.1, -0.05) is 0 Å². The maximum atomic E-state index is 11.4. The highest BCUT2D eigenvalue weighted by atomic mass is 32.2. The van der Waals surface area contributed by atoms with Crippen LogP contribution in [-0.2, 0) is 9.84 Å². The molecule has 1 N–H and O–H groups in total. The van der Waals surface area contributed by atoms with E-state index in [1.807, 2.05) is 0 Å². The van der Waals surface area contributed by atoms with Crippen molar-refractivity contribution in [2.75, 3.05) is 6.26 Å². The number of phenolic OH excluding ortho intramolecular Hbond substituents is 1. The van der Waals surface area contributed by atoms with Crippen LogP contribution in [0.1, 0.15) is 0 Å². The van der Waals surface area contributed by atoms with E-state index in [4.69, 9.17) is 0 Å². The molecule has 0 aliphatic carbocycles. The number of rotatable bonds is 1. The molecule has 2 aromatic rings. The van der Waals surface area contributed by atoms with Crippen molar-refractivity contribution >= 4 is 20.7 Å². The Balaban J connectivity index is 2.96. The number of aromatic nitrogens is 1. The van der Waals surface area contributed by atoms with Crippen LogP contribution >= 0.6 is 0 Å². The molecule has 0 bridgehead atoms. The lowest BCUT2D eigenvalue weighted by Crippen LogP contribution is -1.98. The molecule has 1 aromatic carbocycles. The predicted molar refractivity (Wildman–Crippen MR) is 56.5 cm³/mol. The molecule has 0 amide bonds. The van der Waals surface area contributed by atoms with Gasteiger partial charge in [0.2, 0.25) is 0 Å². The second-order valence-corrected chi connectivity index (χ2v) is 5.24. The lowest BCUT2D eigenvalue weighted by atomic mass is 10.2. The normalized spacial score (nSPS) is 11.8. The molecule has 78 valence electrons. The number of aromatic hydroxyl groups is 1. The van der Waals surface area contributed by atoms with E-state index in [-0.39, 0.29) is 10.6 Å². The van der Waals surface area contributed by atoms with Crippen LogP contribution in [0.3, 0.4) is 0 Å². The zero-order chi connectivity index (χ0) is 11.1. The van der Waals surface area contributed by atoms with Crippen LogP contribution in [0.25, 0.3) is 10.9 Å². The highest BCUT2D eigenvalue weighted by Gasteiger charge is 2.13. The summed E-state index contributed by atoms with van der Waals surface area (Å²) in [6.45, 7) is 0. The van der Waals surface area contributed by atoms with E-state index in [1.165, 1.54) is 18.3 Å². The van der Waals surface area contributed by atoms with Crippen molar-refractivity contribution in [3.05, 3.63) is 30.5 Å². The number of hydrogen-bond donors (Lipinski definition) is 1. The van der Waals surface area contributed by atoms with Crippen LogP contribution in [0.5, 0.6) is 5.75 Å². The Kier molecular flexibility index (Phi) is 2.12. The van der Waals surface area contributed by atoms with Gasteiger partial charge in [0.15, 0.2) is 9.84 Å². The topological polar surface area (TPSA) is 67.3 Å². The SMILES string of the molecule is CS(=O)(=O)c1ccc(O)c2ncccc12. The van der Waals surface area contributed by atoms with Gasteiger partial charge in [-0.15, -0.1) is 0 Å². The highest BCUT2D eigenvalue weighted by Crippen LogP contribution is 2.27. The Labute approximate surface area is 87.1 Å². The highest BCUT2D eigenvalue weighted by molar-refractivity contribution is 7.91. The Morgan fingerprint density at radius 1 is 1.27 bits per heavy atom. The molecule has 0 aliphatic rings. The summed E-state index contributed by atoms with van der Waals surface area (Å²) < 4.78 is 22.9. The van der Waals surface area contributed by atoms with Crippen LogP contribution in [0, 0.1) is 0 Å². The van der Waals surface area contributed by atoms with Crippen molar-refractivity contribution in [2.24, 2.45) is 0 Å². The summed E-state index contributed by atoms with van der Waals surface area (Å²) >= 11 is 0. The van der Waals surface area contributed by atoms with Crippen molar-refractivity contribution in [1.82, 2.24) is 4.98 Å². The fourth-order valence-corrected chi connectivity index (χ4v) is 2.33. The minimum atomic E-state index is -3.30. The summed E-state index contributed by atoms with van der Waals surface area (Å²) in [7, 11) is -3.30. The van der Waals surface area contributed by atoms with Gasteiger partial charge in [0, 0.05) is 17.8 Å². The largest absolute Gasteiger partial charge is 0.506 e. The minimum absolute atomic E-state index is 0.0157. The van der Waals surface area contributed by atoms with Crippen LogP contribution < -0.4 is 0 Å². The fraction of sp³-hybridized carbons (Fsp3) is 0.100. The van der Waals surface area contributed by atoms with E-state index < -0.39 is 9.84 Å². The predicted octanol–water partition coefficient (Wildman–Crippen LogP) is 1.34. The van der Waals surface area contributed by atoms with Crippen LogP contribution in [-0.4, -0.2) is 24.8 Å². The van der Waals surface area contributed by atoms with Gasteiger partial charge in [-0.3, -0.25) is 4.98 Å². The van der Waals surface area contributed by atoms with Gasteiger partial charge in [-0.2, -0.15) is 0 Å². The molecular formula is C10H9NO3S. The lowest BCUT2D eigenvalue weighted by Gasteiger charge is -2.04. The second kappa shape index (κ2) is 3.20. The van der Waals surface area contributed by atoms with Crippen LogP contribution in [0.4, 0.5) is 0 Å². The van der Waals surface area contributed by atoms with E-state index in [2.05, 4.69) is 4.98 Å². The third-order valence-electron chi connectivity index (χ3n) is 2.11. The summed E-state index contributed by atoms with van der Waals surface area (Å²) in [5.74, 6) is -0.0157. The molecular weight excluding hydrogens is 214 g/mol. The molecule has 15 heavy (non-hydrogen) atoms. The smallest absolute Gasteiger partial charge is 0.176 e. The minimum Gasteiger partial charge on any atom is -0.506 e. The van der Waals surface area contributed by atoms with Gasteiger partial charge < -0.3 is 5.11 Å². The summed E-state index contributed by atoms with van der Waals surface area (Å²) in [5, 5.41) is 9.95. The van der Waals surface area contributed by atoms with Crippen molar-refractivity contribution in [3.8, 4) is 5.75 Å². The lowest BCUT2D eigenvalue weighted by molar-refractivity contribution is 0.480. The first-order chi connectivity index (χ1) is 7.00. The van der Waals surface area contributed by atoms with Gasteiger partial charge >= 0.3 is 0 Å². The molecule has 0 atom stereocenters. The monoisotopic (exact) mass is 223 g/mol. The molecule has 0 radical (unpaired) electrons.